The number of methoxy groups -OCH3 is 1. The second-order valence-electron chi connectivity index (χ2n) is 6.71. The summed E-state index contributed by atoms with van der Waals surface area (Å²) < 4.78 is 9.72. The molecule has 0 radical (unpaired) electrons. The predicted octanol–water partition coefficient (Wildman–Crippen LogP) is 1.98. The monoisotopic (exact) mass is 408 g/mol. The summed E-state index contributed by atoms with van der Waals surface area (Å²) >= 11 is 1.52. The lowest BCUT2D eigenvalue weighted by Crippen LogP contribution is -2.44. The Balaban J connectivity index is 1.95. The van der Waals surface area contributed by atoms with Crippen LogP contribution in [0.15, 0.2) is 23.1 Å². The molecule has 0 saturated heterocycles. The molecule has 0 aliphatic carbocycles. The average molecular weight is 408 g/mol. The number of ether oxygens (including phenoxy) is 2. The van der Waals surface area contributed by atoms with Crippen LogP contribution in [0.4, 0.5) is 5.69 Å². The topological polar surface area (TPSA) is 111 Å². The van der Waals surface area contributed by atoms with Crippen molar-refractivity contribution in [3.63, 3.8) is 0 Å². The van der Waals surface area contributed by atoms with Crippen LogP contribution < -0.4 is 10.6 Å². The molecule has 1 atom stereocenters. The van der Waals surface area contributed by atoms with Crippen LogP contribution in [-0.2, 0) is 23.9 Å². The fraction of sp³-hybridized carbons (Fsp3) is 0.474. The molecule has 0 aromatic heterocycles. The quantitative estimate of drug-likeness (QED) is 0.664. The summed E-state index contributed by atoms with van der Waals surface area (Å²) in [6, 6.07) is 4.05. The van der Waals surface area contributed by atoms with Gasteiger partial charge in [0.25, 0.3) is 5.91 Å². The molecular weight excluding hydrogens is 384 g/mol. The molecule has 0 saturated carbocycles. The van der Waals surface area contributed by atoms with Crippen LogP contribution in [-0.4, -0.2) is 49.3 Å². The highest BCUT2D eigenvalue weighted by molar-refractivity contribution is 7.99. The minimum atomic E-state index is -0.795. The summed E-state index contributed by atoms with van der Waals surface area (Å²) in [5.41, 5.74) is 0.773. The van der Waals surface area contributed by atoms with Crippen LogP contribution in [0, 0.1) is 5.92 Å². The fourth-order valence-corrected chi connectivity index (χ4v) is 3.56. The Kier molecular flexibility index (Phi) is 7.86. The van der Waals surface area contributed by atoms with Gasteiger partial charge in [0.15, 0.2) is 6.61 Å². The SMILES string of the molecule is COC(=O)[C@H](CC(C)C)NC(=O)COC(=O)c1ccc2c(c1)NC(=O)CCS2. The molecule has 2 rings (SSSR count). The van der Waals surface area contributed by atoms with Gasteiger partial charge in [0, 0.05) is 17.1 Å². The number of amides is 2. The number of fused-ring (bicyclic) bond motifs is 1. The molecule has 1 aromatic rings. The van der Waals surface area contributed by atoms with Crippen LogP contribution in [0.2, 0.25) is 0 Å². The number of benzene rings is 1. The van der Waals surface area contributed by atoms with Crippen molar-refractivity contribution >= 4 is 41.2 Å². The zero-order valence-electron chi connectivity index (χ0n) is 16.1. The zero-order valence-corrected chi connectivity index (χ0v) is 16.9. The third-order valence-electron chi connectivity index (χ3n) is 3.94. The number of carbonyl (C=O) groups is 4. The maximum Gasteiger partial charge on any atom is 0.338 e. The van der Waals surface area contributed by atoms with Crippen molar-refractivity contribution in [1.82, 2.24) is 5.32 Å². The first-order valence-electron chi connectivity index (χ1n) is 8.91. The minimum Gasteiger partial charge on any atom is -0.467 e. The summed E-state index contributed by atoms with van der Waals surface area (Å²) in [7, 11) is 1.25. The van der Waals surface area contributed by atoms with Crippen molar-refractivity contribution in [1.29, 1.82) is 0 Å². The van der Waals surface area contributed by atoms with Crippen LogP contribution in [0.3, 0.4) is 0 Å². The number of hydrogen-bond acceptors (Lipinski definition) is 7. The van der Waals surface area contributed by atoms with Gasteiger partial charge in [0.2, 0.25) is 5.91 Å². The number of hydrogen-bond donors (Lipinski definition) is 2. The second-order valence-corrected chi connectivity index (χ2v) is 7.84. The molecule has 1 aliphatic heterocycles. The molecule has 1 heterocycles. The molecule has 2 amide bonds. The van der Waals surface area contributed by atoms with E-state index in [1.54, 1.807) is 12.1 Å². The first-order chi connectivity index (χ1) is 13.3. The number of carbonyl (C=O) groups excluding carboxylic acids is 4. The van der Waals surface area contributed by atoms with Gasteiger partial charge in [0.1, 0.15) is 6.04 Å². The van der Waals surface area contributed by atoms with E-state index in [0.717, 1.165) is 4.90 Å². The lowest BCUT2D eigenvalue weighted by molar-refractivity contribution is -0.145. The molecule has 0 fully saturated rings. The summed E-state index contributed by atoms with van der Waals surface area (Å²) in [4.78, 5) is 48.6. The third-order valence-corrected chi connectivity index (χ3v) is 5.01. The van der Waals surface area contributed by atoms with E-state index in [4.69, 9.17) is 4.74 Å². The molecule has 8 nitrogen and oxygen atoms in total. The van der Waals surface area contributed by atoms with Gasteiger partial charge in [0.05, 0.1) is 18.4 Å². The first-order valence-corrected chi connectivity index (χ1v) is 9.89. The second kappa shape index (κ2) is 10.1. The minimum absolute atomic E-state index is 0.116. The number of esters is 2. The van der Waals surface area contributed by atoms with E-state index < -0.39 is 30.5 Å². The maximum absolute atomic E-state index is 12.2. The van der Waals surface area contributed by atoms with Gasteiger partial charge in [-0.2, -0.15) is 0 Å². The van der Waals surface area contributed by atoms with Gasteiger partial charge in [-0.05, 0) is 30.5 Å². The fourth-order valence-electron chi connectivity index (χ4n) is 2.63. The molecule has 152 valence electrons. The molecule has 9 heteroatoms. The zero-order chi connectivity index (χ0) is 20.7. The normalized spacial score (nSPS) is 14.4. The van der Waals surface area contributed by atoms with Gasteiger partial charge in [-0.15, -0.1) is 11.8 Å². The van der Waals surface area contributed by atoms with Crippen molar-refractivity contribution < 1.29 is 28.7 Å². The Bertz CT molecular complexity index is 765. The summed E-state index contributed by atoms with van der Waals surface area (Å²) in [5.74, 6) is -1.12. The van der Waals surface area contributed by atoms with Gasteiger partial charge in [-0.1, -0.05) is 13.8 Å². The molecule has 0 unspecified atom stereocenters. The lowest BCUT2D eigenvalue weighted by Gasteiger charge is -2.18. The van der Waals surface area contributed by atoms with Crippen LogP contribution in [0.25, 0.3) is 0 Å². The standard InChI is InChI=1S/C19H24N2O6S/c1-11(2)8-14(19(25)26-3)21-17(23)10-27-18(24)12-4-5-15-13(9-12)20-16(22)6-7-28-15/h4-5,9,11,14H,6-8,10H2,1-3H3,(H,20,22)(H,21,23)/t14-/m0/s1. The van der Waals surface area contributed by atoms with E-state index in [1.807, 2.05) is 13.8 Å². The van der Waals surface area contributed by atoms with E-state index in [2.05, 4.69) is 15.4 Å². The molecule has 28 heavy (non-hydrogen) atoms. The number of nitrogens with one attached hydrogen (secondary N) is 2. The lowest BCUT2D eigenvalue weighted by atomic mass is 10.0. The van der Waals surface area contributed by atoms with Gasteiger partial charge in [-0.3, -0.25) is 9.59 Å². The van der Waals surface area contributed by atoms with Gasteiger partial charge in [-0.25, -0.2) is 9.59 Å². The third kappa shape index (κ3) is 6.26. The highest BCUT2D eigenvalue weighted by Crippen LogP contribution is 2.31. The van der Waals surface area contributed by atoms with E-state index in [1.165, 1.54) is 24.9 Å². The van der Waals surface area contributed by atoms with Crippen molar-refractivity contribution in [3.8, 4) is 0 Å². The number of thioether (sulfide) groups is 1. The Morgan fingerprint density at radius 2 is 2.04 bits per heavy atom. The van der Waals surface area contributed by atoms with Crippen LogP contribution >= 0.6 is 11.8 Å². The Morgan fingerprint density at radius 1 is 1.29 bits per heavy atom. The van der Waals surface area contributed by atoms with Crippen molar-refractivity contribution in [2.45, 2.75) is 37.6 Å². The van der Waals surface area contributed by atoms with Crippen molar-refractivity contribution in [2.75, 3.05) is 24.8 Å². The van der Waals surface area contributed by atoms with Crippen molar-refractivity contribution in [2.24, 2.45) is 5.92 Å². The molecule has 2 N–H and O–H groups in total. The molecule has 0 bridgehead atoms. The molecule has 1 aromatic carbocycles. The molecular formula is C19H24N2O6S. The van der Waals surface area contributed by atoms with Crippen LogP contribution in [0.5, 0.6) is 0 Å². The largest absolute Gasteiger partial charge is 0.467 e. The summed E-state index contributed by atoms with van der Waals surface area (Å²) in [6.45, 7) is 3.30. The average Bonchev–Trinajstić information content (AvgIpc) is 2.84. The van der Waals surface area contributed by atoms with Crippen molar-refractivity contribution in [3.05, 3.63) is 23.8 Å². The van der Waals surface area contributed by atoms with Gasteiger partial charge < -0.3 is 20.1 Å². The van der Waals surface area contributed by atoms with E-state index >= 15 is 0 Å². The highest BCUT2D eigenvalue weighted by Gasteiger charge is 2.23. The summed E-state index contributed by atoms with van der Waals surface area (Å²) in [5, 5.41) is 5.27. The first kappa shape index (κ1) is 21.7. The number of anilines is 1. The van der Waals surface area contributed by atoms with Crippen LogP contribution in [0.1, 0.15) is 37.0 Å². The Hall–Kier alpha value is -2.55. The van der Waals surface area contributed by atoms with E-state index in [0.29, 0.717) is 24.3 Å². The highest BCUT2D eigenvalue weighted by atomic mass is 32.2. The number of rotatable bonds is 7. The maximum atomic E-state index is 12.2. The molecule has 1 aliphatic rings. The van der Waals surface area contributed by atoms with E-state index in [-0.39, 0.29) is 17.4 Å². The Labute approximate surface area is 167 Å². The summed E-state index contributed by atoms with van der Waals surface area (Å²) in [6.07, 6.45) is 0.811. The van der Waals surface area contributed by atoms with Gasteiger partial charge >= 0.3 is 11.9 Å². The smallest absolute Gasteiger partial charge is 0.338 e. The molecule has 0 spiro atoms. The predicted molar refractivity (Wildman–Crippen MR) is 104 cm³/mol. The Morgan fingerprint density at radius 3 is 2.71 bits per heavy atom. The van der Waals surface area contributed by atoms with E-state index in [9.17, 15) is 19.2 Å².